The zero-order valence-electron chi connectivity index (χ0n) is 14.0. The normalized spacial score (nSPS) is 10.5. The Morgan fingerprint density at radius 3 is 2.75 bits per heavy atom. The SMILES string of the molecule is COc1ccc(CCCNC(=O)c2csc(CCN)n2)cc1OC. The maximum Gasteiger partial charge on any atom is 0.270 e. The first-order chi connectivity index (χ1) is 11.7. The number of thiazole rings is 1. The van der Waals surface area contributed by atoms with Crippen molar-refractivity contribution in [1.29, 1.82) is 0 Å². The zero-order chi connectivity index (χ0) is 17.4. The molecule has 0 aliphatic rings. The molecule has 7 heteroatoms. The zero-order valence-corrected chi connectivity index (χ0v) is 14.8. The standard InChI is InChI=1S/C17H23N3O3S/c1-22-14-6-5-12(10-15(14)23-2)4-3-9-19-17(21)13-11-24-16(20-13)7-8-18/h5-6,10-11H,3-4,7-9,18H2,1-2H3,(H,19,21). The molecule has 0 aliphatic heterocycles. The van der Waals surface area contributed by atoms with Gasteiger partial charge in [0, 0.05) is 18.3 Å². The monoisotopic (exact) mass is 349 g/mol. The summed E-state index contributed by atoms with van der Waals surface area (Å²) in [6, 6.07) is 5.85. The number of aryl methyl sites for hydroxylation is 1. The minimum atomic E-state index is -0.137. The van der Waals surface area contributed by atoms with Crippen LogP contribution < -0.4 is 20.5 Å². The van der Waals surface area contributed by atoms with E-state index >= 15 is 0 Å². The van der Waals surface area contributed by atoms with Gasteiger partial charge in [0.25, 0.3) is 5.91 Å². The van der Waals surface area contributed by atoms with Crippen LogP contribution in [0.4, 0.5) is 0 Å². The summed E-state index contributed by atoms with van der Waals surface area (Å²) in [4.78, 5) is 16.3. The molecular weight excluding hydrogens is 326 g/mol. The number of nitrogens with one attached hydrogen (secondary N) is 1. The molecule has 1 heterocycles. The number of aromatic nitrogens is 1. The fourth-order valence-electron chi connectivity index (χ4n) is 2.27. The molecule has 2 rings (SSSR count). The van der Waals surface area contributed by atoms with Gasteiger partial charge in [-0.15, -0.1) is 11.3 Å². The van der Waals surface area contributed by atoms with Crippen LogP contribution >= 0.6 is 11.3 Å². The predicted octanol–water partition coefficient (Wildman–Crippen LogP) is 2.02. The second kappa shape index (κ2) is 9.24. The molecule has 0 saturated heterocycles. The third kappa shape index (κ3) is 4.94. The highest BCUT2D eigenvalue weighted by atomic mass is 32.1. The Morgan fingerprint density at radius 2 is 2.04 bits per heavy atom. The van der Waals surface area contributed by atoms with E-state index in [1.165, 1.54) is 11.3 Å². The number of rotatable bonds is 9. The van der Waals surface area contributed by atoms with Gasteiger partial charge in [-0.2, -0.15) is 0 Å². The number of amides is 1. The number of nitrogens with zero attached hydrogens (tertiary/aromatic N) is 1. The van der Waals surface area contributed by atoms with Crippen molar-refractivity contribution in [3.05, 3.63) is 39.8 Å². The topological polar surface area (TPSA) is 86.5 Å². The molecule has 0 unspecified atom stereocenters. The van der Waals surface area contributed by atoms with Gasteiger partial charge >= 0.3 is 0 Å². The Labute approximate surface area is 146 Å². The molecule has 1 amide bonds. The van der Waals surface area contributed by atoms with Crippen molar-refractivity contribution in [2.75, 3.05) is 27.3 Å². The number of nitrogens with two attached hydrogens (primary N) is 1. The molecule has 130 valence electrons. The number of carbonyl (C=O) groups excluding carboxylic acids is 1. The molecule has 0 saturated carbocycles. The fraction of sp³-hybridized carbons (Fsp3) is 0.412. The molecule has 0 fully saturated rings. The first-order valence-corrected chi connectivity index (χ1v) is 8.69. The highest BCUT2D eigenvalue weighted by Gasteiger charge is 2.10. The largest absolute Gasteiger partial charge is 0.493 e. The summed E-state index contributed by atoms with van der Waals surface area (Å²) < 4.78 is 10.5. The lowest BCUT2D eigenvalue weighted by molar-refractivity contribution is 0.0948. The average molecular weight is 349 g/mol. The maximum absolute atomic E-state index is 12.0. The first-order valence-electron chi connectivity index (χ1n) is 7.81. The number of carbonyl (C=O) groups is 1. The van der Waals surface area contributed by atoms with E-state index in [0.717, 1.165) is 23.4 Å². The first kappa shape index (κ1) is 18.2. The van der Waals surface area contributed by atoms with E-state index in [-0.39, 0.29) is 5.91 Å². The van der Waals surface area contributed by atoms with Crippen LogP contribution in [0.5, 0.6) is 11.5 Å². The van der Waals surface area contributed by atoms with Crippen molar-refractivity contribution in [3.63, 3.8) is 0 Å². The van der Waals surface area contributed by atoms with Crippen LogP contribution in [-0.2, 0) is 12.8 Å². The van der Waals surface area contributed by atoms with Crippen molar-refractivity contribution in [2.45, 2.75) is 19.3 Å². The molecule has 3 N–H and O–H groups in total. The number of methoxy groups -OCH3 is 2. The van der Waals surface area contributed by atoms with Crippen molar-refractivity contribution in [1.82, 2.24) is 10.3 Å². The lowest BCUT2D eigenvalue weighted by Crippen LogP contribution is -2.25. The Morgan fingerprint density at radius 1 is 1.25 bits per heavy atom. The molecule has 0 aliphatic carbocycles. The number of ether oxygens (including phenoxy) is 2. The van der Waals surface area contributed by atoms with Gasteiger partial charge in [0.05, 0.1) is 19.2 Å². The van der Waals surface area contributed by atoms with Gasteiger partial charge in [0.1, 0.15) is 5.69 Å². The van der Waals surface area contributed by atoms with Crippen LogP contribution in [0.25, 0.3) is 0 Å². The summed E-state index contributed by atoms with van der Waals surface area (Å²) in [5.41, 5.74) is 7.09. The Bertz CT molecular complexity index is 673. The predicted molar refractivity (Wildman–Crippen MR) is 95.1 cm³/mol. The van der Waals surface area contributed by atoms with E-state index in [1.807, 2.05) is 18.2 Å². The van der Waals surface area contributed by atoms with Crippen LogP contribution in [0.15, 0.2) is 23.6 Å². The summed E-state index contributed by atoms with van der Waals surface area (Å²) in [6.07, 6.45) is 2.38. The summed E-state index contributed by atoms with van der Waals surface area (Å²) >= 11 is 1.47. The fourth-order valence-corrected chi connectivity index (χ4v) is 3.07. The third-order valence-corrected chi connectivity index (χ3v) is 4.43. The lowest BCUT2D eigenvalue weighted by Gasteiger charge is -2.09. The maximum atomic E-state index is 12.0. The Balaban J connectivity index is 1.78. The molecular formula is C17H23N3O3S. The van der Waals surface area contributed by atoms with Crippen LogP contribution in [-0.4, -0.2) is 38.2 Å². The smallest absolute Gasteiger partial charge is 0.270 e. The van der Waals surface area contributed by atoms with Crippen molar-refractivity contribution < 1.29 is 14.3 Å². The summed E-state index contributed by atoms with van der Waals surface area (Å²) in [6.45, 7) is 1.14. The average Bonchev–Trinajstić information content (AvgIpc) is 3.07. The van der Waals surface area contributed by atoms with Gasteiger partial charge in [-0.25, -0.2) is 4.98 Å². The van der Waals surface area contributed by atoms with Gasteiger partial charge in [-0.3, -0.25) is 4.79 Å². The Hall–Kier alpha value is -2.12. The van der Waals surface area contributed by atoms with Crippen LogP contribution in [0, 0.1) is 0 Å². The molecule has 1 aromatic carbocycles. The lowest BCUT2D eigenvalue weighted by atomic mass is 10.1. The van der Waals surface area contributed by atoms with Crippen molar-refractivity contribution >= 4 is 17.2 Å². The molecule has 0 atom stereocenters. The molecule has 2 aromatic rings. The highest BCUT2D eigenvalue weighted by Crippen LogP contribution is 2.27. The molecule has 1 aromatic heterocycles. The second-order valence-corrected chi connectivity index (χ2v) is 6.16. The van der Waals surface area contributed by atoms with Crippen molar-refractivity contribution in [2.24, 2.45) is 5.73 Å². The van der Waals surface area contributed by atoms with Gasteiger partial charge in [0.2, 0.25) is 0 Å². The number of benzene rings is 1. The van der Waals surface area contributed by atoms with E-state index < -0.39 is 0 Å². The van der Waals surface area contributed by atoms with Gasteiger partial charge in [-0.1, -0.05) is 6.07 Å². The minimum Gasteiger partial charge on any atom is -0.493 e. The molecule has 6 nitrogen and oxygen atoms in total. The second-order valence-electron chi connectivity index (χ2n) is 5.21. The van der Waals surface area contributed by atoms with E-state index in [0.29, 0.717) is 36.7 Å². The van der Waals surface area contributed by atoms with Crippen LogP contribution in [0.3, 0.4) is 0 Å². The molecule has 0 spiro atoms. The highest BCUT2D eigenvalue weighted by molar-refractivity contribution is 7.09. The van der Waals surface area contributed by atoms with Crippen LogP contribution in [0.2, 0.25) is 0 Å². The summed E-state index contributed by atoms with van der Waals surface area (Å²) in [5, 5.41) is 5.56. The minimum absolute atomic E-state index is 0.137. The Kier molecular flexibility index (Phi) is 7.02. The quantitative estimate of drug-likeness (QED) is 0.677. The molecule has 24 heavy (non-hydrogen) atoms. The van der Waals surface area contributed by atoms with E-state index in [9.17, 15) is 4.79 Å². The van der Waals surface area contributed by atoms with Gasteiger partial charge in [0.15, 0.2) is 11.5 Å². The van der Waals surface area contributed by atoms with Crippen molar-refractivity contribution in [3.8, 4) is 11.5 Å². The number of hydrogen-bond acceptors (Lipinski definition) is 6. The van der Waals surface area contributed by atoms with E-state index in [1.54, 1.807) is 19.6 Å². The van der Waals surface area contributed by atoms with Gasteiger partial charge < -0.3 is 20.5 Å². The molecule has 0 bridgehead atoms. The van der Waals surface area contributed by atoms with E-state index in [2.05, 4.69) is 10.3 Å². The summed E-state index contributed by atoms with van der Waals surface area (Å²) in [5.74, 6) is 1.29. The summed E-state index contributed by atoms with van der Waals surface area (Å²) in [7, 11) is 3.24. The van der Waals surface area contributed by atoms with Gasteiger partial charge in [-0.05, 0) is 37.1 Å². The van der Waals surface area contributed by atoms with E-state index in [4.69, 9.17) is 15.2 Å². The third-order valence-electron chi connectivity index (χ3n) is 3.52. The van der Waals surface area contributed by atoms with Crippen LogP contribution in [0.1, 0.15) is 27.5 Å². The number of hydrogen-bond donors (Lipinski definition) is 2. The molecule has 0 radical (unpaired) electrons.